The normalized spacial score (nSPS) is 10.9. The van der Waals surface area contributed by atoms with E-state index >= 15 is 0 Å². The molecule has 0 atom stereocenters. The molecule has 0 aliphatic rings. The van der Waals surface area contributed by atoms with Crippen LogP contribution in [0.25, 0.3) is 10.1 Å². The van der Waals surface area contributed by atoms with Crippen LogP contribution in [0.2, 0.25) is 0 Å². The molecule has 62 valence electrons. The molecule has 12 heavy (non-hydrogen) atoms. The van der Waals surface area contributed by atoms with Gasteiger partial charge in [-0.25, -0.2) is 0 Å². The van der Waals surface area contributed by atoms with E-state index in [-0.39, 0.29) is 0 Å². The maximum absolute atomic E-state index is 3.55. The van der Waals surface area contributed by atoms with Crippen LogP contribution in [0.3, 0.4) is 0 Å². The Bertz CT molecular complexity index is 436. The summed E-state index contributed by atoms with van der Waals surface area (Å²) in [5.74, 6) is 0. The van der Waals surface area contributed by atoms with Crippen LogP contribution < -0.4 is 0 Å². The molecular weight excluding hydrogens is 415 g/mol. The highest BCUT2D eigenvalue weighted by molar-refractivity contribution is 14.1. The third-order valence-electron chi connectivity index (χ3n) is 1.59. The minimum absolute atomic E-state index is 1.13. The maximum Gasteiger partial charge on any atom is 0.0506 e. The van der Waals surface area contributed by atoms with E-state index in [9.17, 15) is 0 Å². The fraction of sp³-hybridized carbons (Fsp3) is 0. The zero-order chi connectivity index (χ0) is 8.72. The van der Waals surface area contributed by atoms with E-state index in [1.54, 1.807) is 11.3 Å². The summed E-state index contributed by atoms with van der Waals surface area (Å²) in [4.78, 5) is 0. The van der Waals surface area contributed by atoms with Gasteiger partial charge in [0.2, 0.25) is 0 Å². The molecule has 0 radical (unpaired) electrons. The second-order valence-corrected chi connectivity index (χ2v) is 6.04. The van der Waals surface area contributed by atoms with E-state index < -0.39 is 0 Å². The van der Waals surface area contributed by atoms with Crippen LogP contribution in [-0.2, 0) is 0 Å². The summed E-state index contributed by atoms with van der Waals surface area (Å²) in [5.41, 5.74) is 0. The lowest BCUT2D eigenvalue weighted by Crippen LogP contribution is -1.75. The molecule has 0 nitrogen and oxygen atoms in total. The molecule has 0 unspecified atom stereocenters. The second-order valence-electron chi connectivity index (χ2n) is 2.32. The molecule has 0 aliphatic heterocycles. The molecule has 0 amide bonds. The van der Waals surface area contributed by atoms with Crippen molar-refractivity contribution in [3.05, 3.63) is 30.0 Å². The summed E-state index contributed by atoms with van der Waals surface area (Å²) in [6.07, 6.45) is 0. The maximum atomic E-state index is 3.55. The molecule has 2 rings (SSSR count). The summed E-state index contributed by atoms with van der Waals surface area (Å²) in [5, 5.41) is 3.44. The van der Waals surface area contributed by atoms with E-state index in [0.29, 0.717) is 0 Å². The van der Waals surface area contributed by atoms with Crippen LogP contribution >= 0.6 is 65.8 Å². The summed E-state index contributed by atoms with van der Waals surface area (Å²) in [6.45, 7) is 0. The zero-order valence-electron chi connectivity index (χ0n) is 5.77. The van der Waals surface area contributed by atoms with Gasteiger partial charge in [-0.15, -0.1) is 11.3 Å². The number of fused-ring (bicyclic) bond motifs is 1. The van der Waals surface area contributed by atoms with Crippen LogP contribution in [-0.4, -0.2) is 0 Å². The third-order valence-corrected chi connectivity index (χ3v) is 5.65. The van der Waals surface area contributed by atoms with Gasteiger partial charge in [-0.05, 0) is 72.0 Å². The molecule has 1 aromatic heterocycles. The van der Waals surface area contributed by atoms with Crippen molar-refractivity contribution in [1.29, 1.82) is 0 Å². The first-order chi connectivity index (χ1) is 5.70. The van der Waals surface area contributed by atoms with Gasteiger partial charge in [-0.3, -0.25) is 0 Å². The van der Waals surface area contributed by atoms with Crippen LogP contribution in [0.15, 0.2) is 26.5 Å². The SMILES string of the molecule is Brc1cc(I)c2ccsc2c1Br. The van der Waals surface area contributed by atoms with Crippen molar-refractivity contribution < 1.29 is 0 Å². The van der Waals surface area contributed by atoms with Gasteiger partial charge in [-0.2, -0.15) is 0 Å². The average Bonchev–Trinajstić information content (AvgIpc) is 2.48. The Kier molecular flexibility index (Phi) is 2.79. The first-order valence-electron chi connectivity index (χ1n) is 3.21. The Balaban J connectivity index is 2.97. The summed E-state index contributed by atoms with van der Waals surface area (Å²) in [6, 6.07) is 4.28. The van der Waals surface area contributed by atoms with Gasteiger partial charge in [0.25, 0.3) is 0 Å². The quantitative estimate of drug-likeness (QED) is 0.416. The molecule has 2 aromatic rings. The zero-order valence-corrected chi connectivity index (χ0v) is 11.9. The molecule has 0 N–H and O–H groups in total. The van der Waals surface area contributed by atoms with E-state index in [1.165, 1.54) is 13.7 Å². The number of hydrogen-bond donors (Lipinski definition) is 0. The highest BCUT2D eigenvalue weighted by Crippen LogP contribution is 2.37. The molecule has 0 spiro atoms. The molecule has 0 saturated carbocycles. The highest BCUT2D eigenvalue weighted by Gasteiger charge is 2.07. The minimum Gasteiger partial charge on any atom is -0.143 e. The summed E-state index contributed by atoms with van der Waals surface area (Å²) < 4.78 is 4.89. The average molecular weight is 418 g/mol. The van der Waals surface area contributed by atoms with E-state index in [2.05, 4.69) is 72.0 Å². The van der Waals surface area contributed by atoms with Gasteiger partial charge in [-0.1, -0.05) is 0 Å². The Morgan fingerprint density at radius 2 is 2.08 bits per heavy atom. The molecule has 0 fully saturated rings. The molecule has 0 bridgehead atoms. The second kappa shape index (κ2) is 3.55. The number of hydrogen-bond acceptors (Lipinski definition) is 1. The van der Waals surface area contributed by atoms with Crippen LogP contribution in [0.4, 0.5) is 0 Å². The van der Waals surface area contributed by atoms with Crippen molar-refractivity contribution in [2.24, 2.45) is 0 Å². The lowest BCUT2D eigenvalue weighted by atomic mass is 10.3. The van der Waals surface area contributed by atoms with E-state index in [4.69, 9.17) is 0 Å². The lowest BCUT2D eigenvalue weighted by molar-refractivity contribution is 1.66. The third kappa shape index (κ3) is 1.47. The van der Waals surface area contributed by atoms with Crippen molar-refractivity contribution in [3.63, 3.8) is 0 Å². The first kappa shape index (κ1) is 9.43. The number of rotatable bonds is 0. The predicted molar refractivity (Wildman–Crippen MR) is 69.9 cm³/mol. The first-order valence-corrected chi connectivity index (χ1v) is 6.75. The largest absolute Gasteiger partial charge is 0.143 e. The Morgan fingerprint density at radius 3 is 2.83 bits per heavy atom. The van der Waals surface area contributed by atoms with E-state index in [1.807, 2.05) is 0 Å². The van der Waals surface area contributed by atoms with Crippen molar-refractivity contribution >= 4 is 75.9 Å². The minimum atomic E-state index is 1.13. The van der Waals surface area contributed by atoms with Crippen molar-refractivity contribution in [2.45, 2.75) is 0 Å². The van der Waals surface area contributed by atoms with Gasteiger partial charge in [0.05, 0.1) is 4.70 Å². The van der Waals surface area contributed by atoms with Crippen molar-refractivity contribution in [1.82, 2.24) is 0 Å². The molecule has 0 saturated heterocycles. The molecule has 4 heteroatoms. The Morgan fingerprint density at radius 1 is 1.33 bits per heavy atom. The molecule has 0 aliphatic carbocycles. The Labute approximate surface area is 105 Å². The lowest BCUT2D eigenvalue weighted by Gasteiger charge is -1.99. The molecule has 1 heterocycles. The smallest absolute Gasteiger partial charge is 0.0506 e. The Hall–Kier alpha value is 0.870. The fourth-order valence-electron chi connectivity index (χ4n) is 1.03. The fourth-order valence-corrected chi connectivity index (χ4v) is 4.43. The van der Waals surface area contributed by atoms with Gasteiger partial charge in [0.1, 0.15) is 0 Å². The number of thiophene rings is 1. The summed E-state index contributed by atoms with van der Waals surface area (Å²) in [7, 11) is 0. The standard InChI is InChI=1S/C8H3Br2IS/c9-5-3-6(11)4-1-2-12-8(4)7(5)10/h1-3H. The summed E-state index contributed by atoms with van der Waals surface area (Å²) >= 11 is 11.2. The van der Waals surface area contributed by atoms with Gasteiger partial charge in [0.15, 0.2) is 0 Å². The highest BCUT2D eigenvalue weighted by atomic mass is 127. The number of benzene rings is 1. The number of halogens is 3. The van der Waals surface area contributed by atoms with Crippen LogP contribution in [0, 0.1) is 3.57 Å². The van der Waals surface area contributed by atoms with E-state index in [0.717, 1.165) is 8.95 Å². The van der Waals surface area contributed by atoms with Gasteiger partial charge in [0, 0.05) is 17.9 Å². The topological polar surface area (TPSA) is 0 Å². The van der Waals surface area contributed by atoms with Gasteiger partial charge >= 0.3 is 0 Å². The predicted octanol–water partition coefficient (Wildman–Crippen LogP) is 5.03. The molecule has 1 aromatic carbocycles. The van der Waals surface area contributed by atoms with Crippen LogP contribution in [0.1, 0.15) is 0 Å². The van der Waals surface area contributed by atoms with Crippen molar-refractivity contribution in [3.8, 4) is 0 Å². The van der Waals surface area contributed by atoms with Crippen molar-refractivity contribution in [2.75, 3.05) is 0 Å². The van der Waals surface area contributed by atoms with Gasteiger partial charge < -0.3 is 0 Å². The monoisotopic (exact) mass is 416 g/mol. The van der Waals surface area contributed by atoms with Crippen LogP contribution in [0.5, 0.6) is 0 Å². The molecular formula is C8H3Br2IS.